The summed E-state index contributed by atoms with van der Waals surface area (Å²) in [5, 5.41) is 2.96. The van der Waals surface area contributed by atoms with Gasteiger partial charge in [-0.25, -0.2) is 0 Å². The molecular formula is C18H25N3O2. The Labute approximate surface area is 137 Å². The summed E-state index contributed by atoms with van der Waals surface area (Å²) in [5.41, 5.74) is 2.30. The highest BCUT2D eigenvalue weighted by Gasteiger charge is 2.49. The highest BCUT2D eigenvalue weighted by Crippen LogP contribution is 2.40. The second kappa shape index (κ2) is 6.71. The van der Waals surface area contributed by atoms with Crippen molar-refractivity contribution in [3.8, 4) is 0 Å². The molecule has 5 heteroatoms. The molecule has 3 rings (SSSR count). The number of carbonyl (C=O) groups excluding carboxylic acids is 2. The van der Waals surface area contributed by atoms with Crippen molar-refractivity contribution in [2.45, 2.75) is 19.9 Å². The van der Waals surface area contributed by atoms with Crippen LogP contribution in [0.2, 0.25) is 0 Å². The Morgan fingerprint density at radius 2 is 1.74 bits per heavy atom. The molecule has 1 aromatic carbocycles. The van der Waals surface area contributed by atoms with Crippen LogP contribution >= 0.6 is 0 Å². The van der Waals surface area contributed by atoms with Crippen molar-refractivity contribution in [1.29, 1.82) is 0 Å². The standard InChI is InChI=1S/C18H25N3O2/c1-13-3-5-14(6-4-13)12-19-17(22)15-11-16(15)18(23)21-9-7-20(2)8-10-21/h3-6,15-16H,7-12H2,1-2H3,(H,19,22). The summed E-state index contributed by atoms with van der Waals surface area (Å²) in [6.45, 7) is 5.98. The number of nitrogens with one attached hydrogen (secondary N) is 1. The molecule has 0 aromatic heterocycles. The Balaban J connectivity index is 1.45. The maximum atomic E-state index is 12.4. The molecule has 23 heavy (non-hydrogen) atoms. The first kappa shape index (κ1) is 16.0. The molecule has 1 aliphatic carbocycles. The number of aryl methyl sites for hydroxylation is 1. The smallest absolute Gasteiger partial charge is 0.226 e. The first-order valence-electron chi connectivity index (χ1n) is 8.35. The molecule has 2 aliphatic rings. The van der Waals surface area contributed by atoms with Gasteiger partial charge in [0.1, 0.15) is 0 Å². The minimum Gasteiger partial charge on any atom is -0.352 e. The van der Waals surface area contributed by atoms with E-state index in [2.05, 4.69) is 17.3 Å². The van der Waals surface area contributed by atoms with Crippen LogP contribution in [0.4, 0.5) is 0 Å². The molecule has 0 bridgehead atoms. The molecule has 2 fully saturated rings. The van der Waals surface area contributed by atoms with Crippen LogP contribution in [0.1, 0.15) is 17.5 Å². The van der Waals surface area contributed by atoms with E-state index >= 15 is 0 Å². The lowest BCUT2D eigenvalue weighted by atomic mass is 10.1. The van der Waals surface area contributed by atoms with E-state index in [0.29, 0.717) is 13.0 Å². The van der Waals surface area contributed by atoms with Gasteiger partial charge in [0.15, 0.2) is 0 Å². The summed E-state index contributed by atoms with van der Waals surface area (Å²) >= 11 is 0. The van der Waals surface area contributed by atoms with E-state index in [0.717, 1.165) is 31.7 Å². The number of hydrogen-bond donors (Lipinski definition) is 1. The predicted molar refractivity (Wildman–Crippen MR) is 88.7 cm³/mol. The number of amides is 2. The largest absolute Gasteiger partial charge is 0.352 e. The van der Waals surface area contributed by atoms with Crippen molar-refractivity contribution >= 4 is 11.8 Å². The number of likely N-dealkylation sites (N-methyl/N-ethyl adjacent to an activating group) is 1. The van der Waals surface area contributed by atoms with Crippen LogP contribution in [0.3, 0.4) is 0 Å². The van der Waals surface area contributed by atoms with Crippen molar-refractivity contribution < 1.29 is 9.59 Å². The monoisotopic (exact) mass is 315 g/mol. The lowest BCUT2D eigenvalue weighted by Gasteiger charge is -2.32. The number of hydrogen-bond acceptors (Lipinski definition) is 3. The van der Waals surface area contributed by atoms with Crippen molar-refractivity contribution in [1.82, 2.24) is 15.1 Å². The quantitative estimate of drug-likeness (QED) is 0.903. The predicted octanol–water partition coefficient (Wildman–Crippen LogP) is 1.02. The Hall–Kier alpha value is -1.88. The lowest BCUT2D eigenvalue weighted by molar-refractivity contribution is -0.136. The third-order valence-electron chi connectivity index (χ3n) is 4.85. The molecule has 2 amide bonds. The van der Waals surface area contributed by atoms with Crippen LogP contribution in [-0.4, -0.2) is 54.8 Å². The number of piperazine rings is 1. The minimum atomic E-state index is -0.132. The Morgan fingerprint density at radius 1 is 1.09 bits per heavy atom. The van der Waals surface area contributed by atoms with Crippen LogP contribution in [0.25, 0.3) is 0 Å². The van der Waals surface area contributed by atoms with Gasteiger partial charge in [0.2, 0.25) is 11.8 Å². The van der Waals surface area contributed by atoms with E-state index in [1.165, 1.54) is 5.56 Å². The maximum absolute atomic E-state index is 12.4. The zero-order valence-corrected chi connectivity index (χ0v) is 13.9. The Morgan fingerprint density at radius 3 is 2.39 bits per heavy atom. The van der Waals surface area contributed by atoms with E-state index in [4.69, 9.17) is 0 Å². The number of nitrogens with zero attached hydrogens (tertiary/aromatic N) is 2. The Kier molecular flexibility index (Phi) is 4.66. The lowest BCUT2D eigenvalue weighted by Crippen LogP contribution is -2.48. The van der Waals surface area contributed by atoms with Gasteiger partial charge in [-0.2, -0.15) is 0 Å². The molecule has 0 radical (unpaired) electrons. The molecule has 5 nitrogen and oxygen atoms in total. The second-order valence-corrected chi connectivity index (χ2v) is 6.78. The molecule has 2 unspecified atom stereocenters. The zero-order valence-electron chi connectivity index (χ0n) is 13.9. The van der Waals surface area contributed by atoms with Crippen LogP contribution < -0.4 is 5.32 Å². The fourth-order valence-corrected chi connectivity index (χ4v) is 3.05. The van der Waals surface area contributed by atoms with Crippen molar-refractivity contribution in [2.75, 3.05) is 33.2 Å². The molecule has 0 spiro atoms. The van der Waals surface area contributed by atoms with Gasteiger partial charge < -0.3 is 15.1 Å². The van der Waals surface area contributed by atoms with Crippen molar-refractivity contribution in [3.05, 3.63) is 35.4 Å². The van der Waals surface area contributed by atoms with Crippen LogP contribution in [-0.2, 0) is 16.1 Å². The van der Waals surface area contributed by atoms with E-state index < -0.39 is 0 Å². The molecule has 1 saturated heterocycles. The molecule has 1 saturated carbocycles. The van der Waals surface area contributed by atoms with Crippen molar-refractivity contribution in [2.24, 2.45) is 11.8 Å². The minimum absolute atomic E-state index is 0.0121. The SMILES string of the molecule is Cc1ccc(CNC(=O)C2CC2C(=O)N2CCN(C)CC2)cc1. The van der Waals surface area contributed by atoms with Crippen LogP contribution in [0, 0.1) is 18.8 Å². The molecule has 1 aliphatic heterocycles. The fourth-order valence-electron chi connectivity index (χ4n) is 3.05. The van der Waals surface area contributed by atoms with Gasteiger partial charge in [0.25, 0.3) is 0 Å². The first-order chi connectivity index (χ1) is 11.0. The summed E-state index contributed by atoms with van der Waals surface area (Å²) in [6.07, 6.45) is 0.699. The number of carbonyl (C=O) groups is 2. The summed E-state index contributed by atoms with van der Waals surface area (Å²) in [7, 11) is 2.07. The topological polar surface area (TPSA) is 52.7 Å². The number of rotatable bonds is 4. The van der Waals surface area contributed by atoms with Gasteiger partial charge in [-0.1, -0.05) is 29.8 Å². The van der Waals surface area contributed by atoms with E-state index in [1.54, 1.807) is 0 Å². The molecule has 1 heterocycles. The third-order valence-corrected chi connectivity index (χ3v) is 4.85. The normalized spacial score (nSPS) is 24.3. The zero-order chi connectivity index (χ0) is 16.4. The fraction of sp³-hybridized carbons (Fsp3) is 0.556. The third kappa shape index (κ3) is 3.91. The number of benzene rings is 1. The average molecular weight is 315 g/mol. The molecule has 1 aromatic rings. The summed E-state index contributed by atoms with van der Waals surface area (Å²) in [5.74, 6) is -0.0596. The summed E-state index contributed by atoms with van der Waals surface area (Å²) in [4.78, 5) is 28.8. The van der Waals surface area contributed by atoms with Gasteiger partial charge in [0.05, 0.1) is 11.8 Å². The molecule has 2 atom stereocenters. The van der Waals surface area contributed by atoms with Crippen LogP contribution in [0.15, 0.2) is 24.3 Å². The van der Waals surface area contributed by atoms with E-state index in [9.17, 15) is 9.59 Å². The van der Waals surface area contributed by atoms with Gasteiger partial charge >= 0.3 is 0 Å². The average Bonchev–Trinajstić information content (AvgIpc) is 3.35. The van der Waals surface area contributed by atoms with Crippen LogP contribution in [0.5, 0.6) is 0 Å². The summed E-state index contributed by atoms with van der Waals surface area (Å²) in [6, 6.07) is 8.13. The van der Waals surface area contributed by atoms with E-state index in [1.807, 2.05) is 36.1 Å². The second-order valence-electron chi connectivity index (χ2n) is 6.78. The van der Waals surface area contributed by atoms with Gasteiger partial charge in [-0.15, -0.1) is 0 Å². The Bertz CT molecular complexity index is 576. The highest BCUT2D eigenvalue weighted by molar-refractivity contribution is 5.92. The van der Waals surface area contributed by atoms with Gasteiger partial charge in [-0.05, 0) is 26.0 Å². The molecule has 1 N–H and O–H groups in total. The van der Waals surface area contributed by atoms with Gasteiger partial charge in [0, 0.05) is 32.7 Å². The summed E-state index contributed by atoms with van der Waals surface area (Å²) < 4.78 is 0. The van der Waals surface area contributed by atoms with E-state index in [-0.39, 0.29) is 23.7 Å². The highest BCUT2D eigenvalue weighted by atomic mass is 16.2. The van der Waals surface area contributed by atoms with Crippen molar-refractivity contribution in [3.63, 3.8) is 0 Å². The molecular weight excluding hydrogens is 290 g/mol. The molecule has 124 valence electrons. The van der Waals surface area contributed by atoms with Gasteiger partial charge in [-0.3, -0.25) is 9.59 Å². The first-order valence-corrected chi connectivity index (χ1v) is 8.35. The maximum Gasteiger partial charge on any atom is 0.226 e.